The van der Waals surface area contributed by atoms with Crippen LogP contribution in [0.1, 0.15) is 37.0 Å². The first-order valence-electron chi connectivity index (χ1n) is 9.15. The Morgan fingerprint density at radius 3 is 2.52 bits per heavy atom. The van der Waals surface area contributed by atoms with Gasteiger partial charge in [0.2, 0.25) is 0 Å². The summed E-state index contributed by atoms with van der Waals surface area (Å²) in [4.78, 5) is 2.33. The molecule has 1 N–H and O–H groups in total. The van der Waals surface area contributed by atoms with E-state index in [1.165, 1.54) is 11.1 Å². The largest absolute Gasteiger partial charge is 0.491 e. The topological polar surface area (TPSA) is 32.7 Å². The van der Waals surface area contributed by atoms with Crippen LogP contribution in [0, 0.1) is 13.8 Å². The van der Waals surface area contributed by atoms with E-state index in [0.29, 0.717) is 19.2 Å². The molecule has 0 aromatic heterocycles. The lowest BCUT2D eigenvalue weighted by molar-refractivity contribution is 0.0504. The van der Waals surface area contributed by atoms with Gasteiger partial charge in [-0.05, 0) is 44.4 Å². The molecule has 2 aromatic carbocycles. The molecule has 2 rings (SSSR count). The second-order valence-electron chi connectivity index (χ2n) is 6.91. The summed E-state index contributed by atoms with van der Waals surface area (Å²) in [6.45, 7) is 10.3. The third-order valence-corrected chi connectivity index (χ3v) is 4.65. The molecule has 136 valence electrons. The van der Waals surface area contributed by atoms with Crippen molar-refractivity contribution in [3.05, 3.63) is 65.2 Å². The Balaban J connectivity index is 1.95. The van der Waals surface area contributed by atoms with E-state index in [0.717, 1.165) is 24.3 Å². The minimum atomic E-state index is -0.515. The van der Waals surface area contributed by atoms with Crippen LogP contribution in [0.2, 0.25) is 0 Å². The molecule has 0 aliphatic carbocycles. The number of aliphatic hydroxyl groups is 1. The summed E-state index contributed by atoms with van der Waals surface area (Å²) < 4.78 is 5.81. The zero-order chi connectivity index (χ0) is 18.2. The van der Waals surface area contributed by atoms with Crippen molar-refractivity contribution in [1.82, 2.24) is 4.90 Å². The van der Waals surface area contributed by atoms with Gasteiger partial charge in [0.05, 0.1) is 0 Å². The predicted molar refractivity (Wildman–Crippen MR) is 104 cm³/mol. The van der Waals surface area contributed by atoms with Crippen molar-refractivity contribution < 1.29 is 9.84 Å². The van der Waals surface area contributed by atoms with E-state index in [1.54, 1.807) is 0 Å². The molecule has 2 aromatic rings. The minimum Gasteiger partial charge on any atom is -0.491 e. The van der Waals surface area contributed by atoms with E-state index >= 15 is 0 Å². The lowest BCUT2D eigenvalue weighted by atomic mass is 10.1. The molecule has 0 saturated heterocycles. The van der Waals surface area contributed by atoms with Gasteiger partial charge in [-0.25, -0.2) is 0 Å². The normalized spacial score (nSPS) is 13.7. The van der Waals surface area contributed by atoms with E-state index in [9.17, 15) is 5.11 Å². The maximum atomic E-state index is 10.5. The predicted octanol–water partition coefficient (Wildman–Crippen LogP) is 4.34. The first kappa shape index (κ1) is 19.5. The number of hydrogen-bond acceptors (Lipinski definition) is 3. The summed E-state index contributed by atoms with van der Waals surface area (Å²) in [7, 11) is 0. The average molecular weight is 341 g/mol. The number of aryl methyl sites for hydroxylation is 2. The summed E-state index contributed by atoms with van der Waals surface area (Å²) in [5.74, 6) is 0.843. The molecule has 25 heavy (non-hydrogen) atoms. The van der Waals surface area contributed by atoms with Crippen LogP contribution >= 0.6 is 0 Å². The molecule has 0 fully saturated rings. The molecule has 0 aliphatic heterocycles. The standard InChI is InChI=1S/C22H31NO2/c1-5-19(4)23(14-20-11-8-9-17(2)13-20)15-21(24)16-25-22-12-7-6-10-18(22)3/h6-13,19,21,24H,5,14-16H2,1-4H3. The molecule has 0 radical (unpaired) electrons. The van der Waals surface area contributed by atoms with Crippen molar-refractivity contribution in [3.63, 3.8) is 0 Å². The number of aliphatic hydroxyl groups excluding tert-OH is 1. The molecule has 0 bridgehead atoms. The SMILES string of the molecule is CCC(C)N(Cc1cccc(C)c1)CC(O)COc1ccccc1C. The van der Waals surface area contributed by atoms with Crippen LogP contribution in [-0.2, 0) is 6.54 Å². The van der Waals surface area contributed by atoms with Crippen LogP contribution < -0.4 is 4.74 Å². The van der Waals surface area contributed by atoms with Crippen molar-refractivity contribution in [2.24, 2.45) is 0 Å². The summed E-state index contributed by atoms with van der Waals surface area (Å²) in [5, 5.41) is 10.5. The molecule has 0 saturated carbocycles. The lowest BCUT2D eigenvalue weighted by Crippen LogP contribution is -2.40. The maximum absolute atomic E-state index is 10.5. The van der Waals surface area contributed by atoms with E-state index < -0.39 is 6.10 Å². The van der Waals surface area contributed by atoms with Crippen molar-refractivity contribution in [3.8, 4) is 5.75 Å². The number of ether oxygens (including phenoxy) is 1. The fourth-order valence-corrected chi connectivity index (χ4v) is 2.93. The lowest BCUT2D eigenvalue weighted by Gasteiger charge is -2.30. The van der Waals surface area contributed by atoms with Gasteiger partial charge in [0.25, 0.3) is 0 Å². The zero-order valence-electron chi connectivity index (χ0n) is 15.9. The first-order chi connectivity index (χ1) is 12.0. The van der Waals surface area contributed by atoms with Gasteiger partial charge in [-0.2, -0.15) is 0 Å². The smallest absolute Gasteiger partial charge is 0.122 e. The van der Waals surface area contributed by atoms with Gasteiger partial charge in [-0.15, -0.1) is 0 Å². The van der Waals surface area contributed by atoms with Crippen LogP contribution in [0.4, 0.5) is 0 Å². The number of nitrogens with zero attached hydrogens (tertiary/aromatic N) is 1. The Morgan fingerprint density at radius 1 is 1.08 bits per heavy atom. The number of hydrogen-bond donors (Lipinski definition) is 1. The molecule has 2 unspecified atom stereocenters. The highest BCUT2D eigenvalue weighted by molar-refractivity contribution is 5.31. The summed E-state index contributed by atoms with van der Waals surface area (Å²) in [5.41, 5.74) is 3.64. The van der Waals surface area contributed by atoms with E-state index in [2.05, 4.69) is 49.9 Å². The second kappa shape index (κ2) is 9.59. The third-order valence-electron chi connectivity index (χ3n) is 4.65. The Bertz CT molecular complexity index is 656. The Morgan fingerprint density at radius 2 is 1.84 bits per heavy atom. The zero-order valence-corrected chi connectivity index (χ0v) is 15.9. The Labute approximate surface area is 152 Å². The van der Waals surface area contributed by atoms with Gasteiger partial charge in [0.15, 0.2) is 0 Å². The van der Waals surface area contributed by atoms with Crippen molar-refractivity contribution in [1.29, 1.82) is 0 Å². The highest BCUT2D eigenvalue weighted by Crippen LogP contribution is 2.17. The maximum Gasteiger partial charge on any atom is 0.122 e. The molecule has 3 heteroatoms. The monoisotopic (exact) mass is 341 g/mol. The van der Waals surface area contributed by atoms with Gasteiger partial charge >= 0.3 is 0 Å². The van der Waals surface area contributed by atoms with Gasteiger partial charge in [-0.3, -0.25) is 4.90 Å². The molecule has 0 aliphatic rings. The van der Waals surface area contributed by atoms with E-state index in [4.69, 9.17) is 4.74 Å². The van der Waals surface area contributed by atoms with E-state index in [1.807, 2.05) is 31.2 Å². The molecule has 3 nitrogen and oxygen atoms in total. The molecule has 0 amide bonds. The Kier molecular flexibility index (Phi) is 7.48. The fraction of sp³-hybridized carbons (Fsp3) is 0.455. The fourth-order valence-electron chi connectivity index (χ4n) is 2.93. The molecule has 0 heterocycles. The summed E-state index contributed by atoms with van der Waals surface area (Å²) >= 11 is 0. The minimum absolute atomic E-state index is 0.311. The van der Waals surface area contributed by atoms with Crippen molar-refractivity contribution >= 4 is 0 Å². The molecular formula is C22H31NO2. The average Bonchev–Trinajstić information content (AvgIpc) is 2.60. The van der Waals surface area contributed by atoms with Crippen LogP contribution in [-0.4, -0.2) is 35.3 Å². The first-order valence-corrected chi connectivity index (χ1v) is 9.15. The van der Waals surface area contributed by atoms with Gasteiger partial charge in [0, 0.05) is 19.1 Å². The van der Waals surface area contributed by atoms with Crippen molar-refractivity contribution in [2.75, 3.05) is 13.2 Å². The summed E-state index contributed by atoms with van der Waals surface area (Å²) in [6.07, 6.45) is 0.537. The van der Waals surface area contributed by atoms with Gasteiger partial charge < -0.3 is 9.84 Å². The quantitative estimate of drug-likeness (QED) is 0.736. The summed E-state index contributed by atoms with van der Waals surface area (Å²) in [6, 6.07) is 16.9. The van der Waals surface area contributed by atoms with Gasteiger partial charge in [-0.1, -0.05) is 55.0 Å². The van der Waals surface area contributed by atoms with Crippen LogP contribution in [0.15, 0.2) is 48.5 Å². The molecule has 0 spiro atoms. The third kappa shape index (κ3) is 6.18. The van der Waals surface area contributed by atoms with Gasteiger partial charge in [0.1, 0.15) is 18.5 Å². The van der Waals surface area contributed by atoms with Crippen molar-refractivity contribution in [2.45, 2.75) is 52.8 Å². The van der Waals surface area contributed by atoms with Crippen LogP contribution in [0.25, 0.3) is 0 Å². The molecular weight excluding hydrogens is 310 g/mol. The van der Waals surface area contributed by atoms with Crippen LogP contribution in [0.5, 0.6) is 5.75 Å². The second-order valence-corrected chi connectivity index (χ2v) is 6.91. The van der Waals surface area contributed by atoms with Crippen LogP contribution in [0.3, 0.4) is 0 Å². The molecule has 2 atom stereocenters. The highest BCUT2D eigenvalue weighted by atomic mass is 16.5. The number of para-hydroxylation sites is 1. The highest BCUT2D eigenvalue weighted by Gasteiger charge is 2.18. The number of rotatable bonds is 9. The van der Waals surface area contributed by atoms with E-state index in [-0.39, 0.29) is 0 Å². The number of benzene rings is 2. The Hall–Kier alpha value is -1.84.